The molecule has 0 amide bonds. The molecule has 6 heteroatoms. The first-order valence-electron chi connectivity index (χ1n) is 4.67. The number of aryl methyl sites for hydroxylation is 1. The second-order valence-corrected chi connectivity index (χ2v) is 5.46. The van der Waals surface area contributed by atoms with Crippen LogP contribution in [0.25, 0.3) is 11.3 Å². The van der Waals surface area contributed by atoms with Crippen LogP contribution in [0.1, 0.15) is 10.4 Å². The fourth-order valence-corrected chi connectivity index (χ4v) is 2.47. The first-order chi connectivity index (χ1) is 8.04. The lowest BCUT2D eigenvalue weighted by molar-refractivity contribution is 0.112. The highest BCUT2D eigenvalue weighted by atomic mass is 79.9. The van der Waals surface area contributed by atoms with E-state index in [9.17, 15) is 4.79 Å². The van der Waals surface area contributed by atoms with Crippen LogP contribution in [0.15, 0.2) is 27.3 Å². The zero-order chi connectivity index (χ0) is 12.6. The van der Waals surface area contributed by atoms with Gasteiger partial charge in [-0.25, -0.2) is 0 Å². The zero-order valence-corrected chi connectivity index (χ0v) is 12.7. The Morgan fingerprint density at radius 3 is 2.76 bits per heavy atom. The molecule has 1 heterocycles. The van der Waals surface area contributed by atoms with Gasteiger partial charge in [0.15, 0.2) is 6.29 Å². The van der Waals surface area contributed by atoms with E-state index < -0.39 is 0 Å². The molecule has 17 heavy (non-hydrogen) atoms. The zero-order valence-electron chi connectivity index (χ0n) is 8.75. The van der Waals surface area contributed by atoms with E-state index in [1.54, 1.807) is 23.9 Å². The van der Waals surface area contributed by atoms with Crippen LogP contribution in [0.3, 0.4) is 0 Å². The molecule has 0 unspecified atom stereocenters. The van der Waals surface area contributed by atoms with E-state index in [4.69, 9.17) is 11.6 Å². The van der Waals surface area contributed by atoms with Crippen LogP contribution in [-0.2, 0) is 7.05 Å². The second-order valence-electron chi connectivity index (χ2n) is 3.42. The SMILES string of the molecule is Cn1nc(-c2cc(Cl)ccc2Br)c(C=O)c1Br. The standard InChI is InChI=1S/C11H7Br2ClN2O/c1-16-11(13)8(5-17)10(15-16)7-4-6(14)2-3-9(7)12/h2-5H,1H3. The molecule has 0 N–H and O–H groups in total. The molecule has 1 aromatic carbocycles. The van der Waals surface area contributed by atoms with E-state index in [2.05, 4.69) is 37.0 Å². The molecule has 0 bridgehead atoms. The summed E-state index contributed by atoms with van der Waals surface area (Å²) in [5.74, 6) is 0. The molecule has 0 spiro atoms. The Bertz CT molecular complexity index is 595. The minimum atomic E-state index is 0.510. The third-order valence-electron chi connectivity index (χ3n) is 2.31. The molecule has 3 nitrogen and oxygen atoms in total. The van der Waals surface area contributed by atoms with Gasteiger partial charge >= 0.3 is 0 Å². The Morgan fingerprint density at radius 2 is 2.12 bits per heavy atom. The van der Waals surface area contributed by atoms with Crippen molar-refractivity contribution < 1.29 is 4.79 Å². The van der Waals surface area contributed by atoms with E-state index in [1.807, 2.05) is 6.07 Å². The lowest BCUT2D eigenvalue weighted by Crippen LogP contribution is -1.90. The lowest BCUT2D eigenvalue weighted by Gasteiger charge is -2.02. The van der Waals surface area contributed by atoms with Gasteiger partial charge in [0.1, 0.15) is 10.3 Å². The van der Waals surface area contributed by atoms with Crippen molar-refractivity contribution in [1.82, 2.24) is 9.78 Å². The van der Waals surface area contributed by atoms with Crippen molar-refractivity contribution in [3.8, 4) is 11.3 Å². The summed E-state index contributed by atoms with van der Waals surface area (Å²) in [4.78, 5) is 11.1. The van der Waals surface area contributed by atoms with Crippen LogP contribution < -0.4 is 0 Å². The quantitative estimate of drug-likeness (QED) is 0.738. The van der Waals surface area contributed by atoms with Gasteiger partial charge in [-0.1, -0.05) is 27.5 Å². The van der Waals surface area contributed by atoms with Gasteiger partial charge in [0.2, 0.25) is 0 Å². The fraction of sp³-hybridized carbons (Fsp3) is 0.0909. The van der Waals surface area contributed by atoms with E-state index >= 15 is 0 Å². The first-order valence-corrected chi connectivity index (χ1v) is 6.64. The number of aldehydes is 1. The van der Waals surface area contributed by atoms with Crippen LogP contribution in [0.2, 0.25) is 5.02 Å². The van der Waals surface area contributed by atoms with Gasteiger partial charge in [0, 0.05) is 22.1 Å². The maximum absolute atomic E-state index is 11.1. The van der Waals surface area contributed by atoms with Gasteiger partial charge in [0.25, 0.3) is 0 Å². The van der Waals surface area contributed by atoms with Gasteiger partial charge < -0.3 is 0 Å². The minimum Gasteiger partial charge on any atom is -0.298 e. The molecule has 0 aliphatic heterocycles. The summed E-state index contributed by atoms with van der Waals surface area (Å²) in [6, 6.07) is 5.37. The summed E-state index contributed by atoms with van der Waals surface area (Å²) in [6.45, 7) is 0. The largest absolute Gasteiger partial charge is 0.298 e. The number of hydrogen-bond donors (Lipinski definition) is 0. The van der Waals surface area contributed by atoms with Gasteiger partial charge in [0.05, 0.1) is 5.56 Å². The average Bonchev–Trinajstić information content (AvgIpc) is 2.58. The summed E-state index contributed by atoms with van der Waals surface area (Å²) >= 11 is 12.7. The monoisotopic (exact) mass is 376 g/mol. The molecule has 0 fully saturated rings. The average molecular weight is 378 g/mol. The van der Waals surface area contributed by atoms with Crippen molar-refractivity contribution >= 4 is 49.7 Å². The summed E-state index contributed by atoms with van der Waals surface area (Å²) in [7, 11) is 1.76. The molecule has 0 aliphatic carbocycles. The molecule has 88 valence electrons. The molecule has 1 aromatic heterocycles. The number of benzene rings is 1. The number of hydrogen-bond acceptors (Lipinski definition) is 2. The van der Waals surface area contributed by atoms with E-state index in [1.165, 1.54) is 0 Å². The summed E-state index contributed by atoms with van der Waals surface area (Å²) in [5.41, 5.74) is 1.90. The Morgan fingerprint density at radius 1 is 1.41 bits per heavy atom. The van der Waals surface area contributed by atoms with Crippen molar-refractivity contribution in [1.29, 1.82) is 0 Å². The highest BCUT2D eigenvalue weighted by Crippen LogP contribution is 2.34. The number of carbonyl (C=O) groups excluding carboxylic acids is 1. The summed E-state index contributed by atoms with van der Waals surface area (Å²) < 4.78 is 3.09. The number of nitrogens with zero attached hydrogens (tertiary/aromatic N) is 2. The van der Waals surface area contributed by atoms with Crippen LogP contribution >= 0.6 is 43.5 Å². The molecular formula is C11H7Br2ClN2O. The maximum atomic E-state index is 11.1. The third-order valence-corrected chi connectivity index (χ3v) is 4.18. The van der Waals surface area contributed by atoms with E-state index in [-0.39, 0.29) is 0 Å². The van der Waals surface area contributed by atoms with Crippen molar-refractivity contribution in [2.45, 2.75) is 0 Å². The number of rotatable bonds is 2. The van der Waals surface area contributed by atoms with Crippen molar-refractivity contribution in [3.63, 3.8) is 0 Å². The van der Waals surface area contributed by atoms with Crippen LogP contribution in [0, 0.1) is 0 Å². The Labute approximate surface area is 120 Å². The molecule has 0 aliphatic rings. The second kappa shape index (κ2) is 4.92. The van der Waals surface area contributed by atoms with Gasteiger partial charge in [-0.05, 0) is 34.1 Å². The van der Waals surface area contributed by atoms with Gasteiger partial charge in [-0.3, -0.25) is 9.48 Å². The lowest BCUT2D eigenvalue weighted by atomic mass is 10.1. The highest BCUT2D eigenvalue weighted by Gasteiger charge is 2.17. The number of halogens is 3. The van der Waals surface area contributed by atoms with Gasteiger partial charge in [-0.2, -0.15) is 5.10 Å². The molecule has 0 radical (unpaired) electrons. The van der Waals surface area contributed by atoms with Crippen LogP contribution in [-0.4, -0.2) is 16.1 Å². The highest BCUT2D eigenvalue weighted by molar-refractivity contribution is 9.10. The molecule has 2 rings (SSSR count). The predicted molar refractivity (Wildman–Crippen MR) is 74.4 cm³/mol. The van der Waals surface area contributed by atoms with Crippen LogP contribution in [0.4, 0.5) is 0 Å². The summed E-state index contributed by atoms with van der Waals surface area (Å²) in [5, 5.41) is 4.90. The minimum absolute atomic E-state index is 0.510. The van der Waals surface area contributed by atoms with Crippen molar-refractivity contribution in [2.75, 3.05) is 0 Å². The summed E-state index contributed by atoms with van der Waals surface area (Å²) in [6.07, 6.45) is 0.778. The predicted octanol–water partition coefficient (Wildman–Crippen LogP) is 4.08. The van der Waals surface area contributed by atoms with Gasteiger partial charge in [-0.15, -0.1) is 0 Å². The first kappa shape index (κ1) is 12.8. The normalized spacial score (nSPS) is 10.6. The smallest absolute Gasteiger partial charge is 0.155 e. The topological polar surface area (TPSA) is 34.9 Å². The molecular weight excluding hydrogens is 371 g/mol. The third kappa shape index (κ3) is 2.32. The number of aromatic nitrogens is 2. The van der Waals surface area contributed by atoms with E-state index in [0.717, 1.165) is 16.3 Å². The van der Waals surface area contributed by atoms with Crippen molar-refractivity contribution in [2.24, 2.45) is 7.05 Å². The fourth-order valence-electron chi connectivity index (χ4n) is 1.50. The maximum Gasteiger partial charge on any atom is 0.155 e. The van der Waals surface area contributed by atoms with Crippen LogP contribution in [0.5, 0.6) is 0 Å². The Hall–Kier alpha value is -0.650. The molecule has 0 saturated heterocycles. The molecule has 0 saturated carbocycles. The van der Waals surface area contributed by atoms with Crippen molar-refractivity contribution in [3.05, 3.63) is 37.9 Å². The number of carbonyl (C=O) groups is 1. The molecule has 0 atom stereocenters. The Kier molecular flexibility index (Phi) is 3.70. The Balaban J connectivity index is 2.72. The molecule has 2 aromatic rings. The van der Waals surface area contributed by atoms with E-state index in [0.29, 0.717) is 20.9 Å².